The molecule has 5 nitrogen and oxygen atoms in total. The van der Waals surface area contributed by atoms with Crippen LogP contribution in [0.25, 0.3) is 0 Å². The molecule has 1 fully saturated rings. The number of aryl methyl sites for hydroxylation is 1. The van der Waals surface area contributed by atoms with Crippen LogP contribution in [0.2, 0.25) is 0 Å². The van der Waals surface area contributed by atoms with E-state index in [1.165, 1.54) is 6.42 Å². The standard InChI is InChI=1S/C14H26N4O/c1-4-18-9-6-15-14(18)10-13(19)12-11-16(2)7-5-8-17(12)3/h6,9,12-13,19H,4-5,7-8,10-11H2,1-3H3. The fourth-order valence-electron chi connectivity index (χ4n) is 2.86. The molecule has 108 valence electrons. The van der Waals surface area contributed by atoms with Crippen molar-refractivity contribution in [1.29, 1.82) is 0 Å². The molecule has 2 unspecified atom stereocenters. The zero-order valence-corrected chi connectivity index (χ0v) is 12.3. The SMILES string of the molecule is CCn1ccnc1CC(O)C1CN(C)CCCN1C. The summed E-state index contributed by atoms with van der Waals surface area (Å²) >= 11 is 0. The summed E-state index contributed by atoms with van der Waals surface area (Å²) in [5.41, 5.74) is 0. The highest BCUT2D eigenvalue weighted by molar-refractivity contribution is 4.97. The average molecular weight is 266 g/mol. The lowest BCUT2D eigenvalue weighted by molar-refractivity contribution is 0.0562. The minimum Gasteiger partial charge on any atom is -0.391 e. The molecule has 2 atom stereocenters. The predicted octanol–water partition coefficient (Wildman–Crippen LogP) is 0.442. The number of aromatic nitrogens is 2. The van der Waals surface area contributed by atoms with E-state index in [1.54, 1.807) is 0 Å². The van der Waals surface area contributed by atoms with Gasteiger partial charge in [0, 0.05) is 37.9 Å². The van der Waals surface area contributed by atoms with Gasteiger partial charge in [0.2, 0.25) is 0 Å². The lowest BCUT2D eigenvalue weighted by Crippen LogP contribution is -2.47. The molecule has 0 radical (unpaired) electrons. The van der Waals surface area contributed by atoms with Crippen LogP contribution < -0.4 is 0 Å². The van der Waals surface area contributed by atoms with Gasteiger partial charge in [-0.05, 0) is 40.5 Å². The summed E-state index contributed by atoms with van der Waals surface area (Å²) in [6.07, 6.45) is 5.22. The van der Waals surface area contributed by atoms with Gasteiger partial charge < -0.3 is 14.6 Å². The maximum atomic E-state index is 10.6. The summed E-state index contributed by atoms with van der Waals surface area (Å²) in [4.78, 5) is 8.95. The first-order valence-corrected chi connectivity index (χ1v) is 7.18. The molecule has 0 saturated carbocycles. The highest BCUT2D eigenvalue weighted by Gasteiger charge is 2.28. The quantitative estimate of drug-likeness (QED) is 0.859. The zero-order valence-electron chi connectivity index (χ0n) is 12.3. The maximum absolute atomic E-state index is 10.6. The molecule has 0 aliphatic carbocycles. The topological polar surface area (TPSA) is 44.5 Å². The summed E-state index contributed by atoms with van der Waals surface area (Å²) in [5.74, 6) is 0.982. The summed E-state index contributed by atoms with van der Waals surface area (Å²) in [5, 5.41) is 10.6. The highest BCUT2D eigenvalue weighted by atomic mass is 16.3. The van der Waals surface area contributed by atoms with Crippen LogP contribution in [0.1, 0.15) is 19.2 Å². The third kappa shape index (κ3) is 3.55. The molecular weight excluding hydrogens is 240 g/mol. The highest BCUT2D eigenvalue weighted by Crippen LogP contribution is 2.14. The van der Waals surface area contributed by atoms with Gasteiger partial charge in [-0.25, -0.2) is 4.98 Å². The molecule has 1 aromatic rings. The van der Waals surface area contributed by atoms with Gasteiger partial charge in [-0.3, -0.25) is 4.90 Å². The first kappa shape index (κ1) is 14.5. The van der Waals surface area contributed by atoms with Crippen LogP contribution in [-0.2, 0) is 13.0 Å². The molecule has 1 N–H and O–H groups in total. The largest absolute Gasteiger partial charge is 0.391 e. The van der Waals surface area contributed by atoms with Gasteiger partial charge in [0.05, 0.1) is 6.10 Å². The van der Waals surface area contributed by atoms with Crippen LogP contribution in [0, 0.1) is 0 Å². The van der Waals surface area contributed by atoms with Gasteiger partial charge in [-0.2, -0.15) is 0 Å². The molecule has 1 aromatic heterocycles. The molecule has 2 heterocycles. The predicted molar refractivity (Wildman–Crippen MR) is 76.1 cm³/mol. The van der Waals surface area contributed by atoms with Crippen LogP contribution in [0.15, 0.2) is 12.4 Å². The normalized spacial score (nSPS) is 24.3. The second-order valence-corrected chi connectivity index (χ2v) is 5.56. The van der Waals surface area contributed by atoms with Crippen molar-refractivity contribution in [3.8, 4) is 0 Å². The molecule has 1 saturated heterocycles. The Morgan fingerprint density at radius 1 is 1.42 bits per heavy atom. The fourth-order valence-corrected chi connectivity index (χ4v) is 2.86. The van der Waals surface area contributed by atoms with Crippen molar-refractivity contribution in [2.24, 2.45) is 0 Å². The van der Waals surface area contributed by atoms with E-state index >= 15 is 0 Å². The first-order chi connectivity index (χ1) is 9.11. The number of hydrogen-bond donors (Lipinski definition) is 1. The molecule has 2 rings (SSSR count). The van der Waals surface area contributed by atoms with Crippen LogP contribution in [0.4, 0.5) is 0 Å². The Labute approximate surface area is 115 Å². The van der Waals surface area contributed by atoms with Crippen molar-refractivity contribution in [2.45, 2.75) is 38.5 Å². The van der Waals surface area contributed by atoms with E-state index in [0.29, 0.717) is 6.42 Å². The number of aliphatic hydroxyl groups excluding tert-OH is 1. The molecule has 19 heavy (non-hydrogen) atoms. The second-order valence-electron chi connectivity index (χ2n) is 5.56. The lowest BCUT2D eigenvalue weighted by Gasteiger charge is -2.31. The first-order valence-electron chi connectivity index (χ1n) is 7.18. The Hall–Kier alpha value is -0.910. The van der Waals surface area contributed by atoms with E-state index < -0.39 is 0 Å². The number of aliphatic hydroxyl groups is 1. The van der Waals surface area contributed by atoms with Gasteiger partial charge in [-0.1, -0.05) is 0 Å². The van der Waals surface area contributed by atoms with Crippen molar-refractivity contribution in [3.63, 3.8) is 0 Å². The molecular formula is C14H26N4O. The zero-order chi connectivity index (χ0) is 13.8. The van der Waals surface area contributed by atoms with E-state index in [1.807, 2.05) is 12.4 Å². The Bertz CT molecular complexity index is 393. The van der Waals surface area contributed by atoms with Crippen molar-refractivity contribution in [3.05, 3.63) is 18.2 Å². The van der Waals surface area contributed by atoms with Gasteiger partial charge in [0.15, 0.2) is 0 Å². The van der Waals surface area contributed by atoms with Crippen LogP contribution in [0.3, 0.4) is 0 Å². The molecule has 5 heteroatoms. The van der Waals surface area contributed by atoms with Crippen molar-refractivity contribution in [2.75, 3.05) is 33.7 Å². The summed E-state index contributed by atoms with van der Waals surface area (Å²) in [6.45, 7) is 6.08. The third-order valence-corrected chi connectivity index (χ3v) is 4.09. The Kier molecular flexibility index (Phi) is 4.96. The monoisotopic (exact) mass is 266 g/mol. The number of likely N-dealkylation sites (N-methyl/N-ethyl adjacent to an activating group) is 2. The Balaban J connectivity index is 2.03. The molecule has 0 spiro atoms. The molecule has 0 amide bonds. The van der Waals surface area contributed by atoms with E-state index in [4.69, 9.17) is 0 Å². The molecule has 0 bridgehead atoms. The van der Waals surface area contributed by atoms with Gasteiger partial charge in [0.1, 0.15) is 5.82 Å². The van der Waals surface area contributed by atoms with E-state index in [2.05, 4.69) is 40.4 Å². The van der Waals surface area contributed by atoms with Crippen LogP contribution >= 0.6 is 0 Å². The summed E-state index contributed by atoms with van der Waals surface area (Å²) < 4.78 is 2.10. The smallest absolute Gasteiger partial charge is 0.111 e. The van der Waals surface area contributed by atoms with E-state index in [-0.39, 0.29) is 12.1 Å². The van der Waals surface area contributed by atoms with Gasteiger partial charge in [0.25, 0.3) is 0 Å². The van der Waals surface area contributed by atoms with Gasteiger partial charge in [-0.15, -0.1) is 0 Å². The number of rotatable bonds is 4. The number of hydrogen-bond acceptors (Lipinski definition) is 4. The van der Waals surface area contributed by atoms with E-state index in [0.717, 1.165) is 32.0 Å². The second kappa shape index (κ2) is 6.50. The van der Waals surface area contributed by atoms with Gasteiger partial charge >= 0.3 is 0 Å². The third-order valence-electron chi connectivity index (χ3n) is 4.09. The average Bonchev–Trinajstić information content (AvgIpc) is 2.75. The summed E-state index contributed by atoms with van der Waals surface area (Å²) in [6, 6.07) is 0.189. The van der Waals surface area contributed by atoms with Crippen molar-refractivity contribution >= 4 is 0 Å². The molecule has 1 aliphatic rings. The Morgan fingerprint density at radius 3 is 2.95 bits per heavy atom. The Morgan fingerprint density at radius 2 is 2.21 bits per heavy atom. The minimum atomic E-state index is -0.363. The van der Waals surface area contributed by atoms with Crippen molar-refractivity contribution < 1.29 is 5.11 Å². The molecule has 0 aromatic carbocycles. The van der Waals surface area contributed by atoms with E-state index in [9.17, 15) is 5.11 Å². The molecule has 1 aliphatic heterocycles. The maximum Gasteiger partial charge on any atom is 0.111 e. The van der Waals surface area contributed by atoms with Crippen molar-refractivity contribution in [1.82, 2.24) is 19.4 Å². The number of imidazole rings is 1. The summed E-state index contributed by atoms with van der Waals surface area (Å²) in [7, 11) is 4.24. The lowest BCUT2D eigenvalue weighted by atomic mass is 10.1. The fraction of sp³-hybridized carbons (Fsp3) is 0.786. The van der Waals surface area contributed by atoms with Crippen LogP contribution in [0.5, 0.6) is 0 Å². The minimum absolute atomic E-state index is 0.189. The van der Waals surface area contributed by atoms with Crippen LogP contribution in [-0.4, -0.2) is 70.3 Å². The number of nitrogens with zero attached hydrogens (tertiary/aromatic N) is 4.